The second-order valence-electron chi connectivity index (χ2n) is 3.04. The van der Waals surface area contributed by atoms with E-state index in [1.54, 1.807) is 6.92 Å². The number of hydrogen-bond acceptors (Lipinski definition) is 2. The van der Waals surface area contributed by atoms with Crippen molar-refractivity contribution >= 4 is 5.97 Å². The van der Waals surface area contributed by atoms with Crippen LogP contribution < -0.4 is 0 Å². The fourth-order valence-electron chi connectivity index (χ4n) is 0.534. The molecular weight excluding hydrogens is 180 g/mol. The van der Waals surface area contributed by atoms with Gasteiger partial charge in [-0.3, -0.25) is 4.79 Å². The number of aliphatic hydroxyl groups is 1. The lowest BCUT2D eigenvalue weighted by Crippen LogP contribution is -2.06. The molecule has 1 atom stereocenters. The highest BCUT2D eigenvalue weighted by atomic mass is 16.4. The third-order valence-electron chi connectivity index (χ3n) is 1.73. The van der Waals surface area contributed by atoms with Crippen molar-refractivity contribution in [1.82, 2.24) is 0 Å². The van der Waals surface area contributed by atoms with Gasteiger partial charge in [-0.1, -0.05) is 32.9 Å². The molecule has 0 saturated carbocycles. The predicted octanol–water partition coefficient (Wildman–Crippen LogP) is 2.45. The largest absolute Gasteiger partial charge is 0.481 e. The van der Waals surface area contributed by atoms with Crippen LogP contribution in [-0.4, -0.2) is 22.8 Å². The summed E-state index contributed by atoms with van der Waals surface area (Å²) in [5.41, 5.74) is 0. The van der Waals surface area contributed by atoms with Gasteiger partial charge < -0.3 is 10.2 Å². The van der Waals surface area contributed by atoms with Gasteiger partial charge in [0.25, 0.3) is 0 Å². The van der Waals surface area contributed by atoms with E-state index in [2.05, 4.69) is 13.0 Å². The van der Waals surface area contributed by atoms with Gasteiger partial charge in [0.1, 0.15) is 0 Å². The monoisotopic (exact) mass is 202 g/mol. The predicted molar refractivity (Wildman–Crippen MR) is 58.2 cm³/mol. The summed E-state index contributed by atoms with van der Waals surface area (Å²) in [6, 6.07) is 0. The first-order valence-electron chi connectivity index (χ1n) is 5.08. The van der Waals surface area contributed by atoms with E-state index in [0.29, 0.717) is 0 Å². The lowest BCUT2D eigenvalue weighted by atomic mass is 10.1. The average molecular weight is 202 g/mol. The Morgan fingerprint density at radius 2 is 1.93 bits per heavy atom. The number of carboxylic acid groups (broad SMARTS) is 1. The van der Waals surface area contributed by atoms with Gasteiger partial charge >= 0.3 is 5.97 Å². The van der Waals surface area contributed by atoms with E-state index in [-0.39, 0.29) is 12.5 Å². The van der Waals surface area contributed by atoms with Gasteiger partial charge in [0, 0.05) is 6.61 Å². The number of rotatable bonds is 5. The summed E-state index contributed by atoms with van der Waals surface area (Å²) in [7, 11) is 0. The molecule has 0 aromatic rings. The van der Waals surface area contributed by atoms with Crippen LogP contribution in [0, 0.1) is 5.92 Å². The SMILES string of the molecule is CC/C=C\CCO.CCC(C)C(=O)O. The lowest BCUT2D eigenvalue weighted by molar-refractivity contribution is -0.141. The molecule has 0 amide bonds. The van der Waals surface area contributed by atoms with Crippen molar-refractivity contribution in [2.24, 2.45) is 5.92 Å². The Labute approximate surface area is 86.5 Å². The van der Waals surface area contributed by atoms with Crippen molar-refractivity contribution in [3.63, 3.8) is 0 Å². The quantitative estimate of drug-likeness (QED) is 0.673. The van der Waals surface area contributed by atoms with Gasteiger partial charge in [-0.05, 0) is 19.3 Å². The van der Waals surface area contributed by atoms with E-state index in [4.69, 9.17) is 10.2 Å². The molecular formula is C11H22O3. The Hall–Kier alpha value is -0.830. The first kappa shape index (κ1) is 15.6. The molecule has 2 N–H and O–H groups in total. The van der Waals surface area contributed by atoms with Crippen LogP contribution in [0.15, 0.2) is 12.2 Å². The first-order chi connectivity index (χ1) is 6.59. The van der Waals surface area contributed by atoms with Crippen molar-refractivity contribution in [3.8, 4) is 0 Å². The zero-order valence-electron chi connectivity index (χ0n) is 9.36. The molecule has 0 saturated heterocycles. The summed E-state index contributed by atoms with van der Waals surface area (Å²) in [6.45, 7) is 5.91. The Bertz CT molecular complexity index is 153. The van der Waals surface area contributed by atoms with Gasteiger partial charge in [-0.2, -0.15) is 0 Å². The normalized spacial score (nSPS) is 12.0. The molecule has 0 fully saturated rings. The summed E-state index contributed by atoms with van der Waals surface area (Å²) >= 11 is 0. The van der Waals surface area contributed by atoms with Gasteiger partial charge in [-0.15, -0.1) is 0 Å². The summed E-state index contributed by atoms with van der Waals surface area (Å²) in [5, 5.41) is 16.4. The second kappa shape index (κ2) is 12.2. The summed E-state index contributed by atoms with van der Waals surface area (Å²) in [6.07, 6.45) is 6.62. The standard InChI is InChI=1S/C6H12O.C5H10O2/c1-2-3-4-5-6-7;1-3-4(2)5(6)7/h3-4,7H,2,5-6H2,1H3;4H,3H2,1-2H3,(H,6,7)/b4-3-;. The summed E-state index contributed by atoms with van der Waals surface area (Å²) < 4.78 is 0. The van der Waals surface area contributed by atoms with E-state index in [0.717, 1.165) is 19.3 Å². The molecule has 14 heavy (non-hydrogen) atoms. The van der Waals surface area contributed by atoms with Crippen LogP contribution in [-0.2, 0) is 4.79 Å². The van der Waals surface area contributed by atoms with Crippen LogP contribution in [0.5, 0.6) is 0 Å². The van der Waals surface area contributed by atoms with E-state index in [9.17, 15) is 4.79 Å². The average Bonchev–Trinajstić information content (AvgIpc) is 2.18. The lowest BCUT2D eigenvalue weighted by Gasteiger charge is -1.96. The van der Waals surface area contributed by atoms with E-state index in [1.165, 1.54) is 0 Å². The molecule has 0 aromatic heterocycles. The Kier molecular flexibility index (Phi) is 13.6. The van der Waals surface area contributed by atoms with E-state index >= 15 is 0 Å². The maximum Gasteiger partial charge on any atom is 0.306 e. The molecule has 0 heterocycles. The van der Waals surface area contributed by atoms with Crippen LogP contribution in [0.25, 0.3) is 0 Å². The fourth-order valence-corrected chi connectivity index (χ4v) is 0.534. The number of aliphatic hydroxyl groups excluding tert-OH is 1. The van der Waals surface area contributed by atoms with E-state index in [1.807, 2.05) is 13.0 Å². The molecule has 0 aromatic carbocycles. The molecule has 0 radical (unpaired) electrons. The number of carboxylic acids is 1. The molecule has 0 bridgehead atoms. The minimum absolute atomic E-state index is 0.181. The van der Waals surface area contributed by atoms with E-state index < -0.39 is 5.97 Å². The summed E-state index contributed by atoms with van der Waals surface area (Å²) in [4.78, 5) is 9.93. The van der Waals surface area contributed by atoms with Crippen LogP contribution >= 0.6 is 0 Å². The topological polar surface area (TPSA) is 57.5 Å². The van der Waals surface area contributed by atoms with Crippen LogP contribution in [0.3, 0.4) is 0 Å². The maximum absolute atomic E-state index is 9.93. The third kappa shape index (κ3) is 13.7. The molecule has 0 aliphatic rings. The number of allylic oxidation sites excluding steroid dienone is 1. The second-order valence-corrected chi connectivity index (χ2v) is 3.04. The molecule has 0 aliphatic carbocycles. The molecule has 3 heteroatoms. The van der Waals surface area contributed by atoms with Gasteiger partial charge in [0.05, 0.1) is 5.92 Å². The number of aliphatic carboxylic acids is 1. The Morgan fingerprint density at radius 1 is 1.36 bits per heavy atom. The van der Waals surface area contributed by atoms with Gasteiger partial charge in [0.15, 0.2) is 0 Å². The molecule has 3 nitrogen and oxygen atoms in total. The third-order valence-corrected chi connectivity index (χ3v) is 1.73. The van der Waals surface area contributed by atoms with Gasteiger partial charge in [-0.25, -0.2) is 0 Å². The minimum atomic E-state index is -0.706. The highest BCUT2D eigenvalue weighted by molar-refractivity contribution is 5.69. The van der Waals surface area contributed by atoms with Gasteiger partial charge in [0.2, 0.25) is 0 Å². The van der Waals surface area contributed by atoms with Crippen LogP contribution in [0.1, 0.15) is 40.0 Å². The minimum Gasteiger partial charge on any atom is -0.481 e. The van der Waals surface area contributed by atoms with Crippen molar-refractivity contribution < 1.29 is 15.0 Å². The number of hydrogen-bond donors (Lipinski definition) is 2. The number of carbonyl (C=O) groups is 1. The Balaban J connectivity index is 0. The molecule has 0 aliphatic heterocycles. The maximum atomic E-state index is 9.93. The first-order valence-corrected chi connectivity index (χ1v) is 5.08. The molecule has 0 spiro atoms. The molecule has 1 unspecified atom stereocenters. The highest BCUT2D eigenvalue weighted by Gasteiger charge is 2.05. The van der Waals surface area contributed by atoms with Crippen molar-refractivity contribution in [2.75, 3.05) is 6.61 Å². The smallest absolute Gasteiger partial charge is 0.306 e. The zero-order chi connectivity index (χ0) is 11.4. The van der Waals surface area contributed by atoms with Crippen molar-refractivity contribution in [1.29, 1.82) is 0 Å². The molecule has 84 valence electrons. The Morgan fingerprint density at radius 3 is 2.14 bits per heavy atom. The fraction of sp³-hybridized carbons (Fsp3) is 0.727. The zero-order valence-corrected chi connectivity index (χ0v) is 9.36. The van der Waals surface area contributed by atoms with Crippen molar-refractivity contribution in [2.45, 2.75) is 40.0 Å². The van der Waals surface area contributed by atoms with Crippen molar-refractivity contribution in [3.05, 3.63) is 12.2 Å². The molecule has 0 rings (SSSR count). The highest BCUT2D eigenvalue weighted by Crippen LogP contribution is 1.97. The van der Waals surface area contributed by atoms with Crippen LogP contribution in [0.4, 0.5) is 0 Å². The van der Waals surface area contributed by atoms with Crippen LogP contribution in [0.2, 0.25) is 0 Å². The summed E-state index contributed by atoms with van der Waals surface area (Å²) in [5.74, 6) is -0.887.